The lowest BCUT2D eigenvalue weighted by atomic mass is 10.1. The van der Waals surface area contributed by atoms with Crippen molar-refractivity contribution in [2.45, 2.75) is 19.8 Å². The van der Waals surface area contributed by atoms with Gasteiger partial charge < -0.3 is 0 Å². The highest BCUT2D eigenvalue weighted by Gasteiger charge is 2.14. The van der Waals surface area contributed by atoms with Crippen molar-refractivity contribution in [3.05, 3.63) is 28.1 Å². The molecule has 2 aromatic rings. The zero-order valence-corrected chi connectivity index (χ0v) is 8.39. The molecule has 15 heavy (non-hydrogen) atoms. The average Bonchev–Trinajstić information content (AvgIpc) is 2.59. The summed E-state index contributed by atoms with van der Waals surface area (Å²) in [6.45, 7) is 3.96. The largest absolute Gasteiger partial charge is 0.288 e. The van der Waals surface area contributed by atoms with Crippen LogP contribution in [-0.4, -0.2) is 20.1 Å². The van der Waals surface area contributed by atoms with Crippen molar-refractivity contribution in [2.75, 3.05) is 0 Å². The van der Waals surface area contributed by atoms with Gasteiger partial charge in [0.1, 0.15) is 6.20 Å². The van der Waals surface area contributed by atoms with Crippen molar-refractivity contribution in [3.8, 4) is 0 Å². The van der Waals surface area contributed by atoms with E-state index in [2.05, 4.69) is 15.2 Å². The Bertz CT molecular complexity index is 518. The van der Waals surface area contributed by atoms with Crippen LogP contribution in [0.2, 0.25) is 0 Å². The lowest BCUT2D eigenvalue weighted by Gasteiger charge is -1.98. The molecule has 6 nitrogen and oxygen atoms in total. The van der Waals surface area contributed by atoms with E-state index in [1.54, 1.807) is 0 Å². The van der Waals surface area contributed by atoms with Crippen molar-refractivity contribution in [3.63, 3.8) is 0 Å². The fourth-order valence-electron chi connectivity index (χ4n) is 1.45. The fourth-order valence-corrected chi connectivity index (χ4v) is 1.45. The first kappa shape index (κ1) is 9.57. The zero-order chi connectivity index (χ0) is 11.0. The fraction of sp³-hybridized carbons (Fsp3) is 0.333. The highest BCUT2D eigenvalue weighted by Crippen LogP contribution is 2.24. The Balaban J connectivity index is 2.66. The average molecular weight is 206 g/mol. The van der Waals surface area contributed by atoms with E-state index >= 15 is 0 Å². The summed E-state index contributed by atoms with van der Waals surface area (Å²) in [5, 5.41) is 18.1. The van der Waals surface area contributed by atoms with Crippen molar-refractivity contribution < 1.29 is 4.92 Å². The Morgan fingerprint density at radius 1 is 1.53 bits per heavy atom. The molecule has 0 amide bonds. The van der Waals surface area contributed by atoms with Crippen LogP contribution in [0.1, 0.15) is 25.5 Å². The van der Waals surface area contributed by atoms with Gasteiger partial charge in [-0.15, -0.1) is 0 Å². The van der Waals surface area contributed by atoms with E-state index in [-0.39, 0.29) is 11.6 Å². The van der Waals surface area contributed by atoms with Crippen molar-refractivity contribution in [2.24, 2.45) is 0 Å². The van der Waals surface area contributed by atoms with Gasteiger partial charge in [-0.05, 0) is 5.92 Å². The third-order valence-electron chi connectivity index (χ3n) is 2.19. The molecule has 0 bridgehead atoms. The number of hydrogen-bond donors (Lipinski definition) is 1. The van der Waals surface area contributed by atoms with Crippen LogP contribution in [0.25, 0.3) is 11.0 Å². The normalized spacial score (nSPS) is 11.1. The highest BCUT2D eigenvalue weighted by atomic mass is 16.6. The maximum atomic E-state index is 10.6. The maximum absolute atomic E-state index is 10.6. The number of H-pyrrole nitrogens is 1. The highest BCUT2D eigenvalue weighted by molar-refractivity contribution is 5.80. The Hall–Kier alpha value is -1.98. The first-order valence-corrected chi connectivity index (χ1v) is 4.58. The van der Waals surface area contributed by atoms with Crippen molar-refractivity contribution in [1.29, 1.82) is 0 Å². The van der Waals surface area contributed by atoms with Crippen molar-refractivity contribution >= 4 is 16.7 Å². The van der Waals surface area contributed by atoms with Crippen LogP contribution in [0, 0.1) is 10.1 Å². The van der Waals surface area contributed by atoms with E-state index in [1.807, 2.05) is 13.8 Å². The molecular formula is C9H10N4O2. The lowest BCUT2D eigenvalue weighted by Crippen LogP contribution is -1.91. The van der Waals surface area contributed by atoms with Crippen LogP contribution in [0.3, 0.4) is 0 Å². The number of aromatic amines is 1. The second kappa shape index (κ2) is 3.30. The van der Waals surface area contributed by atoms with E-state index in [4.69, 9.17) is 0 Å². The number of nitro groups is 1. The SMILES string of the molecule is CC(C)c1n[nH]c2ncc([N+](=O)[O-])cc12. The first-order valence-electron chi connectivity index (χ1n) is 4.58. The minimum absolute atomic E-state index is 0.00852. The molecule has 0 atom stereocenters. The number of nitrogens with one attached hydrogen (secondary N) is 1. The van der Waals surface area contributed by atoms with Crippen LogP contribution in [0.5, 0.6) is 0 Å². The molecule has 0 saturated heterocycles. The van der Waals surface area contributed by atoms with Gasteiger partial charge in [0, 0.05) is 11.5 Å². The van der Waals surface area contributed by atoms with Gasteiger partial charge in [-0.3, -0.25) is 15.2 Å². The van der Waals surface area contributed by atoms with Crippen molar-refractivity contribution in [1.82, 2.24) is 15.2 Å². The Morgan fingerprint density at radius 2 is 2.27 bits per heavy atom. The Labute approximate surface area is 85.5 Å². The smallest absolute Gasteiger partial charge is 0.261 e. The molecule has 2 aromatic heterocycles. The van der Waals surface area contributed by atoms with Crippen LogP contribution in [-0.2, 0) is 0 Å². The summed E-state index contributed by atoms with van der Waals surface area (Å²) in [5.74, 6) is 0.211. The second-order valence-electron chi connectivity index (χ2n) is 3.61. The summed E-state index contributed by atoms with van der Waals surface area (Å²) in [7, 11) is 0. The van der Waals surface area contributed by atoms with Gasteiger partial charge in [-0.25, -0.2) is 4.98 Å². The third kappa shape index (κ3) is 1.54. The number of hydrogen-bond acceptors (Lipinski definition) is 4. The summed E-state index contributed by atoms with van der Waals surface area (Å²) < 4.78 is 0. The Kier molecular flexibility index (Phi) is 2.11. The van der Waals surface area contributed by atoms with E-state index in [0.717, 1.165) is 11.1 Å². The molecule has 78 valence electrons. The van der Waals surface area contributed by atoms with Crippen LogP contribution >= 0.6 is 0 Å². The molecule has 0 fully saturated rings. The minimum Gasteiger partial charge on any atom is -0.261 e. The Morgan fingerprint density at radius 3 is 2.87 bits per heavy atom. The number of rotatable bonds is 2. The molecule has 6 heteroatoms. The number of aromatic nitrogens is 3. The second-order valence-corrected chi connectivity index (χ2v) is 3.61. The molecule has 0 unspecified atom stereocenters. The predicted molar refractivity (Wildman–Crippen MR) is 54.6 cm³/mol. The monoisotopic (exact) mass is 206 g/mol. The van der Waals surface area contributed by atoms with E-state index in [1.165, 1.54) is 12.3 Å². The quantitative estimate of drug-likeness (QED) is 0.601. The summed E-state index contributed by atoms with van der Waals surface area (Å²) in [6.07, 6.45) is 1.23. The van der Waals surface area contributed by atoms with Crippen LogP contribution in [0.15, 0.2) is 12.3 Å². The van der Waals surface area contributed by atoms with Crippen LogP contribution < -0.4 is 0 Å². The summed E-state index contributed by atoms with van der Waals surface area (Å²) in [5.41, 5.74) is 1.39. The van der Waals surface area contributed by atoms with E-state index < -0.39 is 4.92 Å². The lowest BCUT2D eigenvalue weighted by molar-refractivity contribution is -0.385. The zero-order valence-electron chi connectivity index (χ0n) is 8.39. The minimum atomic E-state index is -0.455. The molecule has 0 aliphatic carbocycles. The van der Waals surface area contributed by atoms with Gasteiger partial charge in [-0.2, -0.15) is 5.10 Å². The molecule has 0 aliphatic rings. The number of pyridine rings is 1. The summed E-state index contributed by atoms with van der Waals surface area (Å²) in [4.78, 5) is 14.1. The molecular weight excluding hydrogens is 196 g/mol. The van der Waals surface area contributed by atoms with Gasteiger partial charge in [0.05, 0.1) is 10.6 Å². The molecule has 1 N–H and O–H groups in total. The van der Waals surface area contributed by atoms with E-state index in [0.29, 0.717) is 5.65 Å². The molecule has 0 aliphatic heterocycles. The topological polar surface area (TPSA) is 84.7 Å². The predicted octanol–water partition coefficient (Wildman–Crippen LogP) is 1.99. The van der Waals surface area contributed by atoms with Gasteiger partial charge in [-0.1, -0.05) is 13.8 Å². The summed E-state index contributed by atoms with van der Waals surface area (Å²) in [6, 6.07) is 1.50. The van der Waals surface area contributed by atoms with Gasteiger partial charge in [0.15, 0.2) is 5.65 Å². The van der Waals surface area contributed by atoms with Gasteiger partial charge in [0.2, 0.25) is 0 Å². The molecule has 2 rings (SSSR count). The van der Waals surface area contributed by atoms with Crippen LogP contribution in [0.4, 0.5) is 5.69 Å². The molecule has 0 saturated carbocycles. The first-order chi connectivity index (χ1) is 7.09. The molecule has 0 spiro atoms. The molecule has 0 radical (unpaired) electrons. The number of nitrogens with zero attached hydrogens (tertiary/aromatic N) is 3. The number of fused-ring (bicyclic) bond motifs is 1. The molecule has 2 heterocycles. The van der Waals surface area contributed by atoms with Gasteiger partial charge in [0.25, 0.3) is 5.69 Å². The summed E-state index contributed by atoms with van der Waals surface area (Å²) >= 11 is 0. The standard InChI is InChI=1S/C9H10N4O2/c1-5(2)8-7-3-6(13(14)15)4-10-9(7)12-11-8/h3-5H,1-2H3,(H,10,11,12). The van der Waals surface area contributed by atoms with Gasteiger partial charge >= 0.3 is 0 Å². The molecule has 0 aromatic carbocycles. The third-order valence-corrected chi connectivity index (χ3v) is 2.19. The van der Waals surface area contributed by atoms with E-state index in [9.17, 15) is 10.1 Å². The maximum Gasteiger partial charge on any atom is 0.288 e.